The molecule has 5 nitrogen and oxygen atoms in total. The second kappa shape index (κ2) is 8.12. The number of hydrogen-bond acceptors (Lipinski definition) is 3. The van der Waals surface area contributed by atoms with Crippen LogP contribution in [0.4, 0.5) is 13.2 Å². The smallest absolute Gasteiger partial charge is 0.368 e. The zero-order valence-corrected chi connectivity index (χ0v) is 14.7. The standard InChI is InChI=1S/C19H21F3N2O3/c20-19(21,22)15-6-3-14(4-7-15)5-8-17(25)23-9-11-24(12-10-23)18(26)16-2-1-13-27-16/h3-8,16H,1-2,9-13H2. The molecule has 2 saturated heterocycles. The van der Waals surface area contributed by atoms with Gasteiger partial charge in [0.25, 0.3) is 5.91 Å². The van der Waals surface area contributed by atoms with Gasteiger partial charge in [0.05, 0.1) is 5.56 Å². The lowest BCUT2D eigenvalue weighted by Crippen LogP contribution is -2.52. The van der Waals surface area contributed by atoms with Crippen LogP contribution in [0.15, 0.2) is 30.3 Å². The zero-order valence-electron chi connectivity index (χ0n) is 14.7. The number of hydrogen-bond donors (Lipinski definition) is 0. The fourth-order valence-corrected chi connectivity index (χ4v) is 3.18. The van der Waals surface area contributed by atoms with E-state index in [-0.39, 0.29) is 17.9 Å². The van der Waals surface area contributed by atoms with Crippen LogP contribution in [0.3, 0.4) is 0 Å². The summed E-state index contributed by atoms with van der Waals surface area (Å²) in [5, 5.41) is 0. The molecule has 0 saturated carbocycles. The normalized spacial score (nSPS) is 21.1. The second-order valence-electron chi connectivity index (χ2n) is 6.61. The number of carbonyl (C=O) groups excluding carboxylic acids is 2. The highest BCUT2D eigenvalue weighted by atomic mass is 19.4. The zero-order chi connectivity index (χ0) is 19.4. The van der Waals surface area contributed by atoms with E-state index < -0.39 is 11.7 Å². The monoisotopic (exact) mass is 382 g/mol. The van der Waals surface area contributed by atoms with Crippen molar-refractivity contribution in [2.24, 2.45) is 0 Å². The molecule has 8 heteroatoms. The number of halogens is 3. The van der Waals surface area contributed by atoms with Crippen molar-refractivity contribution in [2.45, 2.75) is 25.1 Å². The van der Waals surface area contributed by atoms with E-state index in [0.717, 1.165) is 25.0 Å². The molecule has 0 aliphatic carbocycles. The maximum absolute atomic E-state index is 12.5. The Kier molecular flexibility index (Phi) is 5.84. The van der Waals surface area contributed by atoms with E-state index in [0.29, 0.717) is 38.3 Å². The molecule has 2 aliphatic rings. The van der Waals surface area contributed by atoms with E-state index in [2.05, 4.69) is 0 Å². The summed E-state index contributed by atoms with van der Waals surface area (Å²) < 4.78 is 43.1. The van der Waals surface area contributed by atoms with Crippen molar-refractivity contribution in [3.63, 3.8) is 0 Å². The highest BCUT2D eigenvalue weighted by Gasteiger charge is 2.31. The van der Waals surface area contributed by atoms with Gasteiger partial charge in [-0.25, -0.2) is 0 Å². The molecule has 3 rings (SSSR count). The molecular weight excluding hydrogens is 361 g/mol. The molecule has 27 heavy (non-hydrogen) atoms. The van der Waals surface area contributed by atoms with E-state index in [1.165, 1.54) is 24.3 Å². The van der Waals surface area contributed by atoms with Crippen molar-refractivity contribution in [1.82, 2.24) is 9.80 Å². The van der Waals surface area contributed by atoms with Crippen molar-refractivity contribution in [3.05, 3.63) is 41.5 Å². The summed E-state index contributed by atoms with van der Waals surface area (Å²) in [7, 11) is 0. The van der Waals surface area contributed by atoms with Crippen LogP contribution in [0.1, 0.15) is 24.0 Å². The Hall–Kier alpha value is -2.35. The molecule has 0 spiro atoms. The third kappa shape index (κ3) is 4.88. The fourth-order valence-electron chi connectivity index (χ4n) is 3.18. The van der Waals surface area contributed by atoms with Gasteiger partial charge in [-0.1, -0.05) is 12.1 Å². The minimum absolute atomic E-state index is 0.0140. The first kappa shape index (κ1) is 19.4. The molecule has 2 amide bonds. The van der Waals surface area contributed by atoms with Gasteiger partial charge in [-0.2, -0.15) is 13.2 Å². The van der Waals surface area contributed by atoms with E-state index in [1.54, 1.807) is 9.80 Å². The van der Waals surface area contributed by atoms with Gasteiger partial charge in [-0.15, -0.1) is 0 Å². The molecule has 146 valence electrons. The molecule has 2 fully saturated rings. The highest BCUT2D eigenvalue weighted by molar-refractivity contribution is 5.92. The van der Waals surface area contributed by atoms with Crippen molar-refractivity contribution < 1.29 is 27.5 Å². The summed E-state index contributed by atoms with van der Waals surface area (Å²) in [4.78, 5) is 27.9. The summed E-state index contributed by atoms with van der Waals surface area (Å²) in [5.41, 5.74) is -0.207. The first-order valence-corrected chi connectivity index (χ1v) is 8.89. The largest absolute Gasteiger partial charge is 0.416 e. The van der Waals surface area contributed by atoms with E-state index in [9.17, 15) is 22.8 Å². The number of piperazine rings is 1. The first-order valence-electron chi connectivity index (χ1n) is 8.89. The average molecular weight is 382 g/mol. The van der Waals surface area contributed by atoms with Gasteiger partial charge in [0.2, 0.25) is 5.91 Å². The average Bonchev–Trinajstić information content (AvgIpc) is 3.20. The predicted molar refractivity (Wildman–Crippen MR) is 92.6 cm³/mol. The van der Waals surface area contributed by atoms with Gasteiger partial charge < -0.3 is 14.5 Å². The number of ether oxygens (including phenoxy) is 1. The summed E-state index contributed by atoms with van der Waals surface area (Å²) >= 11 is 0. The minimum Gasteiger partial charge on any atom is -0.368 e. The Bertz CT molecular complexity index is 702. The maximum atomic E-state index is 12.5. The third-order valence-electron chi connectivity index (χ3n) is 4.76. The number of nitrogens with zero attached hydrogens (tertiary/aromatic N) is 2. The van der Waals surface area contributed by atoms with Crippen molar-refractivity contribution in [2.75, 3.05) is 32.8 Å². The number of carbonyl (C=O) groups is 2. The summed E-state index contributed by atoms with van der Waals surface area (Å²) in [5.74, 6) is -0.237. The number of alkyl halides is 3. The van der Waals surface area contributed by atoms with Crippen LogP contribution in [0.2, 0.25) is 0 Å². The number of benzene rings is 1. The lowest BCUT2D eigenvalue weighted by molar-refractivity contribution is -0.144. The fraction of sp³-hybridized carbons (Fsp3) is 0.474. The Labute approximate surface area is 155 Å². The quantitative estimate of drug-likeness (QED) is 0.755. The SMILES string of the molecule is O=C(C=Cc1ccc(C(F)(F)F)cc1)N1CCN(C(=O)C2CCCO2)CC1. The Morgan fingerprint density at radius 2 is 1.67 bits per heavy atom. The van der Waals surface area contributed by atoms with Crippen molar-refractivity contribution in [3.8, 4) is 0 Å². The summed E-state index contributed by atoms with van der Waals surface area (Å²) in [6, 6.07) is 4.62. The lowest BCUT2D eigenvalue weighted by atomic mass is 10.1. The molecule has 2 heterocycles. The second-order valence-corrected chi connectivity index (χ2v) is 6.61. The Morgan fingerprint density at radius 1 is 1.04 bits per heavy atom. The van der Waals surface area contributed by atoms with Crippen LogP contribution in [0.5, 0.6) is 0 Å². The minimum atomic E-state index is -4.38. The summed E-state index contributed by atoms with van der Waals surface area (Å²) in [6.45, 7) is 2.38. The predicted octanol–water partition coefficient (Wildman–Crippen LogP) is 2.57. The van der Waals surface area contributed by atoms with Gasteiger partial charge >= 0.3 is 6.18 Å². The first-order chi connectivity index (χ1) is 12.8. The van der Waals surface area contributed by atoms with Crippen molar-refractivity contribution in [1.29, 1.82) is 0 Å². The molecule has 1 aromatic rings. The molecule has 1 atom stereocenters. The van der Waals surface area contributed by atoms with E-state index in [1.807, 2.05) is 0 Å². The number of amides is 2. The van der Waals surface area contributed by atoms with Crippen LogP contribution in [-0.4, -0.2) is 60.5 Å². The van der Waals surface area contributed by atoms with Crippen molar-refractivity contribution >= 4 is 17.9 Å². The van der Waals surface area contributed by atoms with Crippen LogP contribution in [0.25, 0.3) is 6.08 Å². The Morgan fingerprint density at radius 3 is 2.22 bits per heavy atom. The van der Waals surface area contributed by atoms with Gasteiger partial charge in [-0.3, -0.25) is 9.59 Å². The van der Waals surface area contributed by atoms with E-state index in [4.69, 9.17) is 4.74 Å². The molecule has 1 unspecified atom stereocenters. The van der Waals surface area contributed by atoms with Crippen LogP contribution in [-0.2, 0) is 20.5 Å². The maximum Gasteiger partial charge on any atom is 0.416 e. The van der Waals surface area contributed by atoms with Gasteiger partial charge in [0, 0.05) is 38.9 Å². The third-order valence-corrected chi connectivity index (χ3v) is 4.76. The number of rotatable bonds is 3. The molecular formula is C19H21F3N2O3. The molecule has 0 bridgehead atoms. The molecule has 0 radical (unpaired) electrons. The van der Waals surface area contributed by atoms with Gasteiger partial charge in [0.15, 0.2) is 0 Å². The Balaban J connectivity index is 1.50. The molecule has 1 aromatic carbocycles. The topological polar surface area (TPSA) is 49.9 Å². The molecule has 0 N–H and O–H groups in total. The van der Waals surface area contributed by atoms with Crippen LogP contribution in [0, 0.1) is 0 Å². The summed E-state index contributed by atoms with van der Waals surface area (Å²) in [6.07, 6.45) is -0.255. The lowest BCUT2D eigenvalue weighted by Gasteiger charge is -2.35. The van der Waals surface area contributed by atoms with Gasteiger partial charge in [-0.05, 0) is 36.6 Å². The van der Waals surface area contributed by atoms with E-state index >= 15 is 0 Å². The molecule has 2 aliphatic heterocycles. The van der Waals surface area contributed by atoms with Crippen LogP contribution >= 0.6 is 0 Å². The van der Waals surface area contributed by atoms with Gasteiger partial charge in [0.1, 0.15) is 6.10 Å². The van der Waals surface area contributed by atoms with Crippen LogP contribution < -0.4 is 0 Å². The highest BCUT2D eigenvalue weighted by Crippen LogP contribution is 2.29. The molecule has 0 aromatic heterocycles.